The third-order valence-electron chi connectivity index (χ3n) is 3.76. The second-order valence-corrected chi connectivity index (χ2v) is 6.36. The molecule has 0 aliphatic carbocycles. The van der Waals surface area contributed by atoms with E-state index in [0.717, 1.165) is 48.6 Å². The number of tetrazole rings is 1. The topological polar surface area (TPSA) is 91.3 Å². The Morgan fingerprint density at radius 2 is 2.35 bits per heavy atom. The van der Waals surface area contributed by atoms with Crippen LogP contribution in [0.4, 0.5) is 0 Å². The van der Waals surface area contributed by atoms with Crippen LogP contribution >= 0.6 is 11.8 Å². The largest absolute Gasteiger partial charge is 0.329 e. The standard InChI is InChI=1S/C13H17N9S/c1-20-13(16-18-19-20)23-7-6-21-4-3-15-12(21)11-8-10-9-14-2-5-22(10)17-11/h3-4,8,14H,2,5-7,9H2,1H3. The Morgan fingerprint density at radius 3 is 3.17 bits per heavy atom. The van der Waals surface area contributed by atoms with Gasteiger partial charge in [0.15, 0.2) is 5.82 Å². The molecule has 0 unspecified atom stereocenters. The molecule has 0 aromatic carbocycles. The van der Waals surface area contributed by atoms with E-state index in [0.29, 0.717) is 0 Å². The van der Waals surface area contributed by atoms with E-state index in [4.69, 9.17) is 0 Å². The highest BCUT2D eigenvalue weighted by Crippen LogP contribution is 2.20. The maximum atomic E-state index is 4.68. The van der Waals surface area contributed by atoms with Gasteiger partial charge in [-0.25, -0.2) is 9.67 Å². The van der Waals surface area contributed by atoms with E-state index in [-0.39, 0.29) is 0 Å². The molecular weight excluding hydrogens is 314 g/mol. The molecule has 0 atom stereocenters. The summed E-state index contributed by atoms with van der Waals surface area (Å²) >= 11 is 1.63. The summed E-state index contributed by atoms with van der Waals surface area (Å²) < 4.78 is 5.86. The molecule has 120 valence electrons. The van der Waals surface area contributed by atoms with Gasteiger partial charge in [0.25, 0.3) is 0 Å². The van der Waals surface area contributed by atoms with Crippen molar-refractivity contribution in [1.29, 1.82) is 0 Å². The minimum atomic E-state index is 0.815. The highest BCUT2D eigenvalue weighted by Gasteiger charge is 2.16. The third-order valence-corrected chi connectivity index (χ3v) is 4.75. The molecule has 1 N–H and O–H groups in total. The zero-order valence-corrected chi connectivity index (χ0v) is 13.6. The molecule has 4 rings (SSSR count). The quantitative estimate of drug-likeness (QED) is 0.666. The highest BCUT2D eigenvalue weighted by molar-refractivity contribution is 7.99. The molecule has 0 amide bonds. The van der Waals surface area contributed by atoms with Crippen LogP contribution in [0.1, 0.15) is 5.69 Å². The van der Waals surface area contributed by atoms with E-state index >= 15 is 0 Å². The van der Waals surface area contributed by atoms with Crippen molar-refractivity contribution in [2.45, 2.75) is 24.8 Å². The molecule has 23 heavy (non-hydrogen) atoms. The van der Waals surface area contributed by atoms with Crippen LogP contribution < -0.4 is 5.32 Å². The first-order valence-corrected chi connectivity index (χ1v) is 8.44. The van der Waals surface area contributed by atoms with Gasteiger partial charge in [-0.05, 0) is 16.5 Å². The molecule has 0 saturated heterocycles. The Kier molecular flexibility index (Phi) is 3.83. The average molecular weight is 331 g/mol. The van der Waals surface area contributed by atoms with Crippen molar-refractivity contribution < 1.29 is 0 Å². The predicted molar refractivity (Wildman–Crippen MR) is 84.7 cm³/mol. The van der Waals surface area contributed by atoms with Gasteiger partial charge in [-0.1, -0.05) is 11.8 Å². The van der Waals surface area contributed by atoms with Crippen LogP contribution in [0.15, 0.2) is 23.6 Å². The molecule has 1 aliphatic rings. The summed E-state index contributed by atoms with van der Waals surface area (Å²) in [6, 6.07) is 2.12. The number of thioether (sulfide) groups is 1. The minimum absolute atomic E-state index is 0.815. The lowest BCUT2D eigenvalue weighted by Crippen LogP contribution is -2.28. The normalized spacial score (nSPS) is 14.1. The van der Waals surface area contributed by atoms with Crippen molar-refractivity contribution in [2.75, 3.05) is 12.3 Å². The molecule has 9 nitrogen and oxygen atoms in total. The minimum Gasteiger partial charge on any atom is -0.329 e. The molecule has 0 spiro atoms. The number of fused-ring (bicyclic) bond motifs is 1. The fourth-order valence-electron chi connectivity index (χ4n) is 2.60. The van der Waals surface area contributed by atoms with Crippen molar-refractivity contribution in [3.63, 3.8) is 0 Å². The number of aromatic nitrogens is 8. The SMILES string of the molecule is Cn1nnnc1SCCn1ccnc1-c1cc2n(n1)CCNC2. The van der Waals surface area contributed by atoms with Gasteiger partial charge in [-0.15, -0.1) is 5.10 Å². The van der Waals surface area contributed by atoms with Crippen LogP contribution in [-0.2, 0) is 26.7 Å². The number of imidazole rings is 1. The number of hydrogen-bond acceptors (Lipinski definition) is 7. The number of aryl methyl sites for hydroxylation is 2. The molecule has 0 saturated carbocycles. The van der Waals surface area contributed by atoms with Crippen molar-refractivity contribution in [3.05, 3.63) is 24.2 Å². The van der Waals surface area contributed by atoms with Crippen molar-refractivity contribution in [3.8, 4) is 11.5 Å². The molecule has 1 aliphatic heterocycles. The van der Waals surface area contributed by atoms with Crippen LogP contribution in [0.2, 0.25) is 0 Å². The van der Waals surface area contributed by atoms with E-state index in [1.165, 1.54) is 5.69 Å². The predicted octanol–water partition coefficient (Wildman–Crippen LogP) is 0.166. The Morgan fingerprint density at radius 1 is 1.39 bits per heavy atom. The van der Waals surface area contributed by atoms with Gasteiger partial charge in [-0.2, -0.15) is 5.10 Å². The number of rotatable bonds is 5. The molecule has 0 fully saturated rings. The fraction of sp³-hybridized carbons (Fsp3) is 0.462. The second kappa shape index (κ2) is 6.13. The number of hydrogen-bond donors (Lipinski definition) is 1. The highest BCUT2D eigenvalue weighted by atomic mass is 32.2. The molecule has 0 bridgehead atoms. The smallest absolute Gasteiger partial charge is 0.209 e. The summed E-state index contributed by atoms with van der Waals surface area (Å²) in [4.78, 5) is 4.48. The van der Waals surface area contributed by atoms with E-state index < -0.39 is 0 Å². The monoisotopic (exact) mass is 331 g/mol. The first-order chi connectivity index (χ1) is 11.3. The van der Waals surface area contributed by atoms with Gasteiger partial charge in [0, 0.05) is 44.8 Å². The zero-order valence-electron chi connectivity index (χ0n) is 12.8. The van der Waals surface area contributed by atoms with Crippen LogP contribution in [0.3, 0.4) is 0 Å². The lowest BCUT2D eigenvalue weighted by atomic mass is 10.3. The van der Waals surface area contributed by atoms with E-state index in [1.807, 2.05) is 19.4 Å². The molecule has 0 radical (unpaired) electrons. The Balaban J connectivity index is 1.47. The summed E-state index contributed by atoms with van der Waals surface area (Å²) in [5, 5.41) is 20.3. The zero-order chi connectivity index (χ0) is 15.6. The van der Waals surface area contributed by atoms with Gasteiger partial charge in [0.2, 0.25) is 5.16 Å². The maximum Gasteiger partial charge on any atom is 0.209 e. The van der Waals surface area contributed by atoms with Gasteiger partial charge < -0.3 is 9.88 Å². The van der Waals surface area contributed by atoms with Crippen LogP contribution in [0.25, 0.3) is 11.5 Å². The summed E-state index contributed by atoms with van der Waals surface area (Å²) in [6.45, 7) is 3.56. The average Bonchev–Trinajstić information content (AvgIpc) is 3.26. The van der Waals surface area contributed by atoms with Crippen LogP contribution in [0, 0.1) is 0 Å². The van der Waals surface area contributed by atoms with Crippen molar-refractivity contribution in [1.82, 2.24) is 44.9 Å². The van der Waals surface area contributed by atoms with E-state index in [9.17, 15) is 0 Å². The van der Waals surface area contributed by atoms with Crippen LogP contribution in [-0.4, -0.2) is 51.8 Å². The number of nitrogens with zero attached hydrogens (tertiary/aromatic N) is 8. The van der Waals surface area contributed by atoms with Gasteiger partial charge in [-0.3, -0.25) is 4.68 Å². The second-order valence-electron chi connectivity index (χ2n) is 5.30. The summed E-state index contributed by atoms with van der Waals surface area (Å²) in [5.74, 6) is 1.77. The van der Waals surface area contributed by atoms with E-state index in [2.05, 4.69) is 46.2 Å². The Labute approximate surface area is 137 Å². The van der Waals surface area contributed by atoms with Crippen molar-refractivity contribution >= 4 is 11.8 Å². The lowest BCUT2D eigenvalue weighted by Gasteiger charge is -2.13. The molecule has 3 aromatic heterocycles. The Bertz CT molecular complexity index is 779. The molecular formula is C13H17N9S. The molecule has 4 heterocycles. The molecule has 10 heteroatoms. The van der Waals surface area contributed by atoms with E-state index in [1.54, 1.807) is 16.4 Å². The Hall–Kier alpha value is -2.20. The lowest BCUT2D eigenvalue weighted by molar-refractivity contribution is 0.476. The summed E-state index contributed by atoms with van der Waals surface area (Å²) in [6.07, 6.45) is 3.81. The number of nitrogens with one attached hydrogen (secondary N) is 1. The van der Waals surface area contributed by atoms with Gasteiger partial charge >= 0.3 is 0 Å². The third kappa shape index (κ3) is 2.86. The molecule has 3 aromatic rings. The van der Waals surface area contributed by atoms with Crippen molar-refractivity contribution in [2.24, 2.45) is 7.05 Å². The summed E-state index contributed by atoms with van der Waals surface area (Å²) in [7, 11) is 1.84. The fourth-order valence-corrected chi connectivity index (χ4v) is 3.39. The van der Waals surface area contributed by atoms with Crippen LogP contribution in [0.5, 0.6) is 0 Å². The first-order valence-electron chi connectivity index (χ1n) is 7.45. The summed E-state index contributed by atoms with van der Waals surface area (Å²) in [5.41, 5.74) is 2.14. The van der Waals surface area contributed by atoms with Gasteiger partial charge in [0.05, 0.1) is 12.2 Å². The maximum absolute atomic E-state index is 4.68. The first kappa shape index (κ1) is 14.4. The van der Waals surface area contributed by atoms with Gasteiger partial charge in [0.1, 0.15) is 5.69 Å².